The second-order valence-corrected chi connectivity index (χ2v) is 8.18. The van der Waals surface area contributed by atoms with E-state index in [1.165, 1.54) is 0 Å². The lowest BCUT2D eigenvalue weighted by Crippen LogP contribution is -2.21. The van der Waals surface area contributed by atoms with E-state index < -0.39 is 18.5 Å². The minimum Gasteiger partial charge on any atom is -0.493 e. The molecule has 4 aromatic rings. The van der Waals surface area contributed by atoms with Crippen LogP contribution in [0.2, 0.25) is 10.0 Å². The quantitative estimate of drug-likeness (QED) is 0.306. The van der Waals surface area contributed by atoms with Crippen molar-refractivity contribution in [2.75, 3.05) is 26.1 Å². The van der Waals surface area contributed by atoms with Crippen LogP contribution in [0.1, 0.15) is 10.4 Å². The van der Waals surface area contributed by atoms with E-state index in [1.54, 1.807) is 68.8 Å². The first-order valence-electron chi connectivity index (χ1n) is 10.4. The summed E-state index contributed by atoms with van der Waals surface area (Å²) in [6.45, 7) is -0.525. The second kappa shape index (κ2) is 10.6. The van der Waals surface area contributed by atoms with E-state index in [1.807, 2.05) is 12.1 Å². The van der Waals surface area contributed by atoms with Gasteiger partial charge in [-0.25, -0.2) is 9.78 Å². The van der Waals surface area contributed by atoms with E-state index in [0.717, 1.165) is 0 Å². The summed E-state index contributed by atoms with van der Waals surface area (Å²) in [5, 5.41) is 3.71. The van der Waals surface area contributed by atoms with E-state index in [2.05, 4.69) is 10.3 Å². The second-order valence-electron chi connectivity index (χ2n) is 7.36. The summed E-state index contributed by atoms with van der Waals surface area (Å²) in [5.41, 5.74) is 2.36. The molecule has 0 saturated carbocycles. The van der Waals surface area contributed by atoms with Crippen LogP contribution in [0.5, 0.6) is 11.5 Å². The van der Waals surface area contributed by atoms with Gasteiger partial charge in [0.15, 0.2) is 18.1 Å². The highest BCUT2D eigenvalue weighted by molar-refractivity contribution is 6.39. The highest BCUT2D eigenvalue weighted by atomic mass is 35.5. The number of nitrogens with zero attached hydrogens (tertiary/aromatic N) is 1. The maximum absolute atomic E-state index is 13.0. The Morgan fingerprint density at radius 1 is 0.886 bits per heavy atom. The molecule has 7 nitrogen and oxygen atoms in total. The topological polar surface area (TPSA) is 86.8 Å². The molecule has 3 aromatic carbocycles. The number of carbonyl (C=O) groups is 2. The molecule has 0 saturated heterocycles. The molecule has 0 bridgehead atoms. The van der Waals surface area contributed by atoms with E-state index in [9.17, 15) is 9.59 Å². The van der Waals surface area contributed by atoms with Gasteiger partial charge in [0.2, 0.25) is 0 Å². The molecule has 0 radical (unpaired) electrons. The van der Waals surface area contributed by atoms with Crippen molar-refractivity contribution >= 4 is 51.7 Å². The number of carbonyl (C=O) groups excluding carboxylic acids is 2. The van der Waals surface area contributed by atoms with Crippen LogP contribution in [-0.4, -0.2) is 37.7 Å². The third-order valence-corrected chi connectivity index (χ3v) is 5.81. The number of ether oxygens (including phenoxy) is 3. The highest BCUT2D eigenvalue weighted by Crippen LogP contribution is 2.33. The molecule has 0 atom stereocenters. The van der Waals surface area contributed by atoms with Crippen LogP contribution < -0.4 is 14.8 Å². The lowest BCUT2D eigenvalue weighted by Gasteiger charge is -2.13. The van der Waals surface area contributed by atoms with Crippen LogP contribution in [0.25, 0.3) is 22.2 Å². The van der Waals surface area contributed by atoms with Gasteiger partial charge in [-0.3, -0.25) is 4.79 Å². The zero-order valence-electron chi connectivity index (χ0n) is 18.8. The summed E-state index contributed by atoms with van der Waals surface area (Å²) in [7, 11) is 3.09. The summed E-state index contributed by atoms with van der Waals surface area (Å²) in [4.78, 5) is 30.1. The molecule has 35 heavy (non-hydrogen) atoms. The first-order chi connectivity index (χ1) is 16.9. The van der Waals surface area contributed by atoms with Crippen molar-refractivity contribution in [2.24, 2.45) is 0 Å². The summed E-state index contributed by atoms with van der Waals surface area (Å²) in [6, 6.07) is 19.0. The summed E-state index contributed by atoms with van der Waals surface area (Å²) < 4.78 is 16.0. The van der Waals surface area contributed by atoms with Gasteiger partial charge in [-0.1, -0.05) is 47.5 Å². The van der Waals surface area contributed by atoms with E-state index in [4.69, 9.17) is 37.4 Å². The Balaban J connectivity index is 1.61. The normalized spacial score (nSPS) is 10.6. The van der Waals surface area contributed by atoms with Crippen molar-refractivity contribution in [3.8, 4) is 22.8 Å². The molecular weight excluding hydrogens is 491 g/mol. The third-order valence-electron chi connectivity index (χ3n) is 5.18. The SMILES string of the molecule is COc1ccc(-c2cc(C(=O)OCC(=O)Nc3c(Cl)cccc3Cl)c3ccccc3n2)cc1OC. The van der Waals surface area contributed by atoms with Crippen LogP contribution in [0, 0.1) is 0 Å². The fourth-order valence-electron chi connectivity index (χ4n) is 3.49. The summed E-state index contributed by atoms with van der Waals surface area (Å²) in [6.07, 6.45) is 0. The van der Waals surface area contributed by atoms with Crippen molar-refractivity contribution in [1.82, 2.24) is 4.98 Å². The molecule has 0 spiro atoms. The number of aromatic nitrogens is 1. The van der Waals surface area contributed by atoms with Gasteiger partial charge in [0, 0.05) is 10.9 Å². The average Bonchev–Trinajstić information content (AvgIpc) is 2.88. The summed E-state index contributed by atoms with van der Waals surface area (Å²) in [5.74, 6) is -0.155. The smallest absolute Gasteiger partial charge is 0.339 e. The largest absolute Gasteiger partial charge is 0.493 e. The lowest BCUT2D eigenvalue weighted by molar-refractivity contribution is -0.119. The zero-order valence-corrected chi connectivity index (χ0v) is 20.3. The first-order valence-corrected chi connectivity index (χ1v) is 11.2. The third kappa shape index (κ3) is 5.31. The Labute approximate surface area is 211 Å². The molecule has 1 aromatic heterocycles. The van der Waals surface area contributed by atoms with Crippen LogP contribution in [-0.2, 0) is 9.53 Å². The average molecular weight is 511 g/mol. The zero-order chi connectivity index (χ0) is 24.9. The number of pyridine rings is 1. The lowest BCUT2D eigenvalue weighted by atomic mass is 10.0. The minimum atomic E-state index is -0.675. The Hall–Kier alpha value is -3.81. The minimum absolute atomic E-state index is 0.252. The number of amides is 1. The van der Waals surface area contributed by atoms with Crippen molar-refractivity contribution in [2.45, 2.75) is 0 Å². The predicted molar refractivity (Wildman–Crippen MR) is 136 cm³/mol. The molecule has 0 aliphatic heterocycles. The fraction of sp³-hybridized carbons (Fsp3) is 0.115. The number of hydrogen-bond donors (Lipinski definition) is 1. The number of hydrogen-bond acceptors (Lipinski definition) is 6. The predicted octanol–water partition coefficient (Wildman–Crippen LogP) is 6.02. The van der Waals surface area contributed by atoms with Crippen molar-refractivity contribution < 1.29 is 23.8 Å². The number of benzene rings is 3. The molecular formula is C26H20Cl2N2O5. The molecule has 178 valence electrons. The number of nitrogens with one attached hydrogen (secondary N) is 1. The molecule has 1 N–H and O–H groups in total. The molecule has 0 unspecified atom stereocenters. The van der Waals surface area contributed by atoms with Crippen molar-refractivity contribution in [3.05, 3.63) is 82.3 Å². The molecule has 1 heterocycles. The van der Waals surface area contributed by atoms with Crippen LogP contribution in [0.15, 0.2) is 66.7 Å². The Kier molecular flexibility index (Phi) is 7.39. The number of esters is 1. The van der Waals surface area contributed by atoms with Gasteiger partial charge >= 0.3 is 5.97 Å². The van der Waals surface area contributed by atoms with Crippen molar-refractivity contribution in [3.63, 3.8) is 0 Å². The number of halogens is 2. The molecule has 0 aliphatic carbocycles. The van der Waals surface area contributed by atoms with Gasteiger partial charge in [0.25, 0.3) is 5.91 Å². The van der Waals surface area contributed by atoms with Crippen LogP contribution in [0.3, 0.4) is 0 Å². The number of methoxy groups -OCH3 is 2. The first kappa shape index (κ1) is 24.3. The van der Waals surface area contributed by atoms with Gasteiger partial charge in [0.05, 0.1) is 46.7 Å². The number of para-hydroxylation sites is 2. The highest BCUT2D eigenvalue weighted by Gasteiger charge is 2.18. The number of fused-ring (bicyclic) bond motifs is 1. The standard InChI is InChI=1S/C26H20Cl2N2O5/c1-33-22-11-10-15(12-23(22)34-2)21-13-17(16-6-3-4-9-20(16)29-21)26(32)35-14-24(31)30-25-18(27)7-5-8-19(25)28/h3-13H,14H2,1-2H3,(H,30,31). The Bertz CT molecular complexity index is 1400. The van der Waals surface area contributed by atoms with Crippen LogP contribution >= 0.6 is 23.2 Å². The molecule has 9 heteroatoms. The fourth-order valence-corrected chi connectivity index (χ4v) is 3.98. The van der Waals surface area contributed by atoms with Gasteiger partial charge in [0.1, 0.15) is 0 Å². The maximum atomic E-state index is 13.0. The van der Waals surface area contributed by atoms with Gasteiger partial charge in [-0.05, 0) is 42.5 Å². The van der Waals surface area contributed by atoms with E-state index in [0.29, 0.717) is 33.7 Å². The van der Waals surface area contributed by atoms with Gasteiger partial charge < -0.3 is 19.5 Å². The number of anilines is 1. The van der Waals surface area contributed by atoms with Crippen LogP contribution in [0.4, 0.5) is 5.69 Å². The Morgan fingerprint density at radius 3 is 2.31 bits per heavy atom. The molecule has 0 fully saturated rings. The molecule has 1 amide bonds. The van der Waals surface area contributed by atoms with E-state index in [-0.39, 0.29) is 21.3 Å². The monoisotopic (exact) mass is 510 g/mol. The Morgan fingerprint density at radius 2 is 1.60 bits per heavy atom. The summed E-state index contributed by atoms with van der Waals surface area (Å²) >= 11 is 12.2. The van der Waals surface area contributed by atoms with Gasteiger partial charge in [-0.15, -0.1) is 0 Å². The number of rotatable bonds is 7. The maximum Gasteiger partial charge on any atom is 0.339 e. The van der Waals surface area contributed by atoms with Crippen molar-refractivity contribution in [1.29, 1.82) is 0 Å². The van der Waals surface area contributed by atoms with E-state index >= 15 is 0 Å². The van der Waals surface area contributed by atoms with Gasteiger partial charge in [-0.2, -0.15) is 0 Å². The molecule has 4 rings (SSSR count). The molecule has 0 aliphatic rings.